The Balaban J connectivity index is 1.68. The van der Waals surface area contributed by atoms with Crippen molar-refractivity contribution in [2.24, 2.45) is 0 Å². The normalized spacial score (nSPS) is 12.4. The largest absolute Gasteiger partial charge is 0.490 e. The maximum absolute atomic E-state index is 12.7. The van der Waals surface area contributed by atoms with Crippen molar-refractivity contribution >= 4 is 5.97 Å². The van der Waals surface area contributed by atoms with Gasteiger partial charge in [0, 0.05) is 12.4 Å². The van der Waals surface area contributed by atoms with Crippen LogP contribution in [0.15, 0.2) is 73.3 Å². The van der Waals surface area contributed by atoms with Crippen LogP contribution in [0.25, 0.3) is 0 Å². The summed E-state index contributed by atoms with van der Waals surface area (Å²) in [4.78, 5) is 16.3. The minimum absolute atomic E-state index is 0.0309. The molecule has 0 saturated carbocycles. The van der Waals surface area contributed by atoms with Gasteiger partial charge in [-0.1, -0.05) is 18.2 Å². The number of esters is 1. The molecule has 0 aliphatic carbocycles. The molecular formula is C20H17F3N2O3. The van der Waals surface area contributed by atoms with Crippen molar-refractivity contribution < 1.29 is 27.4 Å². The van der Waals surface area contributed by atoms with Crippen LogP contribution < -0.4 is 4.74 Å². The minimum Gasteiger partial charge on any atom is -0.490 e. The summed E-state index contributed by atoms with van der Waals surface area (Å²) in [6, 6.07) is 12.9. The highest BCUT2D eigenvalue weighted by molar-refractivity contribution is 5.89. The van der Waals surface area contributed by atoms with Crippen molar-refractivity contribution in [3.8, 4) is 5.75 Å². The van der Waals surface area contributed by atoms with E-state index in [1.165, 1.54) is 0 Å². The monoisotopic (exact) mass is 390 g/mol. The number of hydrogen-bond donors (Lipinski definition) is 0. The van der Waals surface area contributed by atoms with Gasteiger partial charge in [-0.05, 0) is 36.4 Å². The number of alkyl halides is 3. The van der Waals surface area contributed by atoms with Gasteiger partial charge in [-0.15, -0.1) is 0 Å². The second-order valence-electron chi connectivity index (χ2n) is 5.99. The lowest BCUT2D eigenvalue weighted by Gasteiger charge is -2.19. The Hall–Kier alpha value is -3.29. The Morgan fingerprint density at radius 1 is 1.07 bits per heavy atom. The fourth-order valence-electron chi connectivity index (χ4n) is 2.47. The summed E-state index contributed by atoms with van der Waals surface area (Å²) in [5.41, 5.74) is -0.797. The summed E-state index contributed by atoms with van der Waals surface area (Å²) in [5, 5.41) is 0. The molecule has 0 N–H and O–H groups in total. The summed E-state index contributed by atoms with van der Waals surface area (Å²) in [6.45, 7) is 0.369. The molecule has 0 aliphatic heterocycles. The smallest absolute Gasteiger partial charge is 0.416 e. The lowest BCUT2D eigenvalue weighted by Crippen LogP contribution is -2.29. The highest BCUT2D eigenvalue weighted by Crippen LogP contribution is 2.29. The Morgan fingerprint density at radius 2 is 1.79 bits per heavy atom. The van der Waals surface area contributed by atoms with Crippen molar-refractivity contribution in [3.63, 3.8) is 0 Å². The zero-order chi connectivity index (χ0) is 20.0. The van der Waals surface area contributed by atoms with Crippen LogP contribution in [0.2, 0.25) is 0 Å². The van der Waals surface area contributed by atoms with Crippen LogP contribution in [-0.4, -0.2) is 28.2 Å². The molecule has 0 aliphatic rings. The molecule has 146 valence electrons. The fourth-order valence-corrected chi connectivity index (χ4v) is 2.47. The number of para-hydroxylation sites is 1. The Labute approximate surface area is 159 Å². The molecule has 0 saturated heterocycles. The van der Waals surface area contributed by atoms with E-state index in [-0.39, 0.29) is 12.2 Å². The number of hydrogen-bond acceptors (Lipinski definition) is 4. The van der Waals surface area contributed by atoms with Gasteiger partial charge in [0.25, 0.3) is 0 Å². The number of imidazole rings is 1. The van der Waals surface area contributed by atoms with Crippen LogP contribution in [0.4, 0.5) is 13.2 Å². The molecule has 28 heavy (non-hydrogen) atoms. The van der Waals surface area contributed by atoms with E-state index in [4.69, 9.17) is 9.47 Å². The van der Waals surface area contributed by atoms with Gasteiger partial charge in [0.2, 0.25) is 0 Å². The number of nitrogens with zero attached hydrogens (tertiary/aromatic N) is 2. The van der Waals surface area contributed by atoms with E-state index >= 15 is 0 Å². The SMILES string of the molecule is O=C(O[C@@H](COc1ccccc1)Cn1ccnc1)c1ccc(C(F)(F)F)cc1. The molecular weight excluding hydrogens is 373 g/mol. The first kappa shape index (κ1) is 19.5. The van der Waals surface area contributed by atoms with Crippen LogP contribution in [0.5, 0.6) is 5.75 Å². The summed E-state index contributed by atoms with van der Waals surface area (Å²) in [6.07, 6.45) is -0.254. The molecule has 1 heterocycles. The molecule has 8 heteroatoms. The zero-order valence-corrected chi connectivity index (χ0v) is 14.7. The molecule has 0 radical (unpaired) electrons. The van der Waals surface area contributed by atoms with Crippen molar-refractivity contribution in [1.82, 2.24) is 9.55 Å². The molecule has 0 spiro atoms. The average molecular weight is 390 g/mol. The second-order valence-corrected chi connectivity index (χ2v) is 5.99. The van der Waals surface area contributed by atoms with Crippen molar-refractivity contribution in [1.29, 1.82) is 0 Å². The number of carbonyl (C=O) groups excluding carboxylic acids is 1. The summed E-state index contributed by atoms with van der Waals surface area (Å²) < 4.78 is 50.8. The number of benzene rings is 2. The van der Waals surface area contributed by atoms with Crippen molar-refractivity contribution in [2.75, 3.05) is 6.61 Å². The van der Waals surface area contributed by atoms with Crippen LogP contribution in [0.1, 0.15) is 15.9 Å². The third-order valence-corrected chi connectivity index (χ3v) is 3.87. The summed E-state index contributed by atoms with van der Waals surface area (Å²) >= 11 is 0. The predicted octanol–water partition coefficient (Wildman–Crippen LogP) is 4.21. The number of rotatable bonds is 7. The number of ether oxygens (including phenoxy) is 2. The maximum Gasteiger partial charge on any atom is 0.416 e. The second kappa shape index (κ2) is 8.60. The minimum atomic E-state index is -4.46. The first-order valence-electron chi connectivity index (χ1n) is 8.43. The topological polar surface area (TPSA) is 53.4 Å². The Morgan fingerprint density at radius 3 is 2.39 bits per heavy atom. The molecule has 0 amide bonds. The number of halogens is 3. The van der Waals surface area contributed by atoms with Gasteiger partial charge in [-0.3, -0.25) is 0 Å². The summed E-state index contributed by atoms with van der Waals surface area (Å²) in [7, 11) is 0. The standard InChI is InChI=1S/C20H17F3N2O3/c21-20(22,23)16-8-6-15(7-9-16)19(26)28-18(12-25-11-10-24-14-25)13-27-17-4-2-1-3-5-17/h1-11,14,18H,12-13H2/t18-/m1/s1. The highest BCUT2D eigenvalue weighted by Gasteiger charge is 2.30. The van der Waals surface area contributed by atoms with Crippen LogP contribution >= 0.6 is 0 Å². The van der Waals surface area contributed by atoms with Gasteiger partial charge < -0.3 is 14.0 Å². The fraction of sp³-hybridized carbons (Fsp3) is 0.200. The molecule has 0 fully saturated rings. The molecule has 1 atom stereocenters. The van der Waals surface area contributed by atoms with Gasteiger partial charge >= 0.3 is 12.1 Å². The molecule has 5 nitrogen and oxygen atoms in total. The third kappa shape index (κ3) is 5.35. The molecule has 0 bridgehead atoms. The third-order valence-electron chi connectivity index (χ3n) is 3.87. The van der Waals surface area contributed by atoms with Gasteiger partial charge in [0.1, 0.15) is 12.4 Å². The summed E-state index contributed by atoms with van der Waals surface area (Å²) in [5.74, 6) is -0.112. The van der Waals surface area contributed by atoms with Crippen LogP contribution in [0, 0.1) is 0 Å². The molecule has 2 aromatic carbocycles. The first-order chi connectivity index (χ1) is 13.4. The van der Waals surface area contributed by atoms with Crippen molar-refractivity contribution in [2.45, 2.75) is 18.8 Å². The van der Waals surface area contributed by atoms with E-state index in [9.17, 15) is 18.0 Å². The Kier molecular flexibility index (Phi) is 5.98. The van der Waals surface area contributed by atoms with Crippen LogP contribution in [-0.2, 0) is 17.5 Å². The maximum atomic E-state index is 12.7. The van der Waals surface area contributed by atoms with E-state index in [0.717, 1.165) is 24.3 Å². The van der Waals surface area contributed by atoms with E-state index in [0.29, 0.717) is 12.3 Å². The van der Waals surface area contributed by atoms with E-state index < -0.39 is 23.8 Å². The Bertz CT molecular complexity index is 879. The van der Waals surface area contributed by atoms with Crippen molar-refractivity contribution in [3.05, 3.63) is 84.4 Å². The van der Waals surface area contributed by atoms with Gasteiger partial charge in [-0.2, -0.15) is 13.2 Å². The van der Waals surface area contributed by atoms with E-state index in [1.807, 2.05) is 18.2 Å². The molecule has 0 unspecified atom stereocenters. The highest BCUT2D eigenvalue weighted by atomic mass is 19.4. The van der Waals surface area contributed by atoms with Gasteiger partial charge in [0.15, 0.2) is 6.10 Å². The van der Waals surface area contributed by atoms with E-state index in [2.05, 4.69) is 4.98 Å². The molecule has 3 aromatic rings. The van der Waals surface area contributed by atoms with Crippen LogP contribution in [0.3, 0.4) is 0 Å². The lowest BCUT2D eigenvalue weighted by molar-refractivity contribution is -0.137. The number of carbonyl (C=O) groups is 1. The number of aromatic nitrogens is 2. The lowest BCUT2D eigenvalue weighted by atomic mass is 10.1. The van der Waals surface area contributed by atoms with E-state index in [1.54, 1.807) is 35.4 Å². The zero-order valence-electron chi connectivity index (χ0n) is 14.7. The molecule has 3 rings (SSSR count). The first-order valence-corrected chi connectivity index (χ1v) is 8.43. The predicted molar refractivity (Wildman–Crippen MR) is 94.8 cm³/mol. The van der Waals surface area contributed by atoms with Gasteiger partial charge in [-0.25, -0.2) is 9.78 Å². The van der Waals surface area contributed by atoms with Gasteiger partial charge in [0.05, 0.1) is 24.0 Å². The molecule has 1 aromatic heterocycles. The average Bonchev–Trinajstić information content (AvgIpc) is 3.19. The quantitative estimate of drug-likeness (QED) is 0.567.